The molecule has 2 N–H and O–H groups in total. The molecular weight excluding hydrogens is 420 g/mol. The van der Waals surface area contributed by atoms with Gasteiger partial charge in [-0.2, -0.15) is 26.3 Å². The van der Waals surface area contributed by atoms with Crippen LogP contribution in [0.1, 0.15) is 41.6 Å². The Bertz CT molecular complexity index is 773. The topological polar surface area (TPSA) is 77.8 Å². The molecule has 0 amide bonds. The van der Waals surface area contributed by atoms with Crippen LogP contribution in [0, 0.1) is 11.3 Å². The number of hydrogen-bond acceptors (Lipinski definition) is 3. The number of carboxylic acids is 2. The van der Waals surface area contributed by atoms with Gasteiger partial charge in [0.15, 0.2) is 0 Å². The second-order valence-corrected chi connectivity index (χ2v) is 7.62. The third-order valence-electron chi connectivity index (χ3n) is 5.58. The van der Waals surface area contributed by atoms with Crippen molar-refractivity contribution in [3.63, 3.8) is 0 Å². The summed E-state index contributed by atoms with van der Waals surface area (Å²) in [4.78, 5) is 22.0. The van der Waals surface area contributed by atoms with Crippen molar-refractivity contribution in [3.8, 4) is 0 Å². The van der Waals surface area contributed by atoms with Gasteiger partial charge in [0.05, 0.1) is 11.5 Å². The molecule has 1 aliphatic carbocycles. The van der Waals surface area contributed by atoms with Crippen molar-refractivity contribution >= 4 is 11.9 Å². The van der Waals surface area contributed by atoms with E-state index in [1.54, 1.807) is 12.1 Å². The Morgan fingerprint density at radius 2 is 1.70 bits per heavy atom. The smallest absolute Gasteiger partial charge is 0.478 e. The Kier molecular flexibility index (Phi) is 7.05. The van der Waals surface area contributed by atoms with Crippen LogP contribution in [0.25, 0.3) is 0 Å². The second-order valence-electron chi connectivity index (χ2n) is 7.62. The fraction of sp³-hybridized carbons (Fsp3) is 0.579. The van der Waals surface area contributed by atoms with Crippen LogP contribution in [-0.4, -0.2) is 52.5 Å². The van der Waals surface area contributed by atoms with Gasteiger partial charge in [-0.1, -0.05) is 18.6 Å². The molecule has 2 aliphatic rings. The van der Waals surface area contributed by atoms with Crippen molar-refractivity contribution in [2.75, 3.05) is 13.1 Å². The van der Waals surface area contributed by atoms with E-state index in [-0.39, 0.29) is 12.0 Å². The fourth-order valence-corrected chi connectivity index (χ4v) is 4.10. The molecule has 5 nitrogen and oxygen atoms in total. The lowest BCUT2D eigenvalue weighted by Crippen LogP contribution is -2.56. The summed E-state index contributed by atoms with van der Waals surface area (Å²) in [5.74, 6) is -4.93. The number of piperidine rings is 1. The summed E-state index contributed by atoms with van der Waals surface area (Å²) in [6.07, 6.45) is -6.90. The molecular formula is C19H21F6NO4. The van der Waals surface area contributed by atoms with Crippen LogP contribution in [0.5, 0.6) is 0 Å². The third-order valence-corrected chi connectivity index (χ3v) is 5.58. The van der Waals surface area contributed by atoms with Gasteiger partial charge in [0.1, 0.15) is 0 Å². The monoisotopic (exact) mass is 441 g/mol. The zero-order valence-electron chi connectivity index (χ0n) is 15.8. The van der Waals surface area contributed by atoms with Gasteiger partial charge in [-0.15, -0.1) is 0 Å². The van der Waals surface area contributed by atoms with Crippen LogP contribution in [0.3, 0.4) is 0 Å². The maximum atomic E-state index is 13.3. The van der Waals surface area contributed by atoms with Crippen molar-refractivity contribution < 1.29 is 46.1 Å². The van der Waals surface area contributed by atoms with Crippen molar-refractivity contribution in [1.82, 2.24) is 4.90 Å². The van der Waals surface area contributed by atoms with E-state index in [2.05, 4.69) is 0 Å². The molecule has 1 heterocycles. The molecule has 1 unspecified atom stereocenters. The minimum Gasteiger partial charge on any atom is -0.478 e. The molecule has 1 aromatic carbocycles. The summed E-state index contributed by atoms with van der Waals surface area (Å²) in [6, 6.07) is 6.64. The number of benzene rings is 1. The molecule has 1 aromatic rings. The normalized spacial score (nSPS) is 21.3. The summed E-state index contributed by atoms with van der Waals surface area (Å²) in [6.45, 7) is 1.37. The molecule has 1 atom stereocenters. The Morgan fingerprint density at radius 1 is 1.10 bits per heavy atom. The van der Waals surface area contributed by atoms with Crippen molar-refractivity contribution in [3.05, 3.63) is 35.4 Å². The molecule has 11 heteroatoms. The molecule has 1 spiro atoms. The average molecular weight is 441 g/mol. The number of carboxylic acid groups (broad SMARTS) is 2. The van der Waals surface area contributed by atoms with Crippen molar-refractivity contribution in [2.45, 2.75) is 44.6 Å². The predicted molar refractivity (Wildman–Crippen MR) is 92.8 cm³/mol. The Hall–Kier alpha value is -2.30. The molecule has 3 rings (SSSR count). The standard InChI is InChI=1S/C17H20F3NO2.C2HF3O2/c18-17(19,20)14-5-8-21(11-16(14)6-2-7-16)10-12-3-1-4-13(9-12)15(22)23;3-2(4,5)1(6)7/h1,3-4,9,14H,2,5-8,10-11H2,(H,22,23);(H,6,7). The van der Waals surface area contributed by atoms with Gasteiger partial charge < -0.3 is 10.2 Å². The second kappa shape index (κ2) is 8.83. The first-order valence-electron chi connectivity index (χ1n) is 9.16. The van der Waals surface area contributed by atoms with E-state index >= 15 is 0 Å². The largest absolute Gasteiger partial charge is 0.490 e. The van der Waals surface area contributed by atoms with E-state index < -0.39 is 35.6 Å². The van der Waals surface area contributed by atoms with Crippen LogP contribution in [0.15, 0.2) is 24.3 Å². The van der Waals surface area contributed by atoms with Crippen molar-refractivity contribution in [1.29, 1.82) is 0 Å². The summed E-state index contributed by atoms with van der Waals surface area (Å²) in [5, 5.41) is 16.2. The highest BCUT2D eigenvalue weighted by molar-refractivity contribution is 5.87. The quantitative estimate of drug-likeness (QED) is 0.672. The maximum Gasteiger partial charge on any atom is 0.490 e. The van der Waals surface area contributed by atoms with Gasteiger partial charge in [0, 0.05) is 13.1 Å². The first-order chi connectivity index (χ1) is 13.7. The third kappa shape index (κ3) is 5.87. The van der Waals surface area contributed by atoms with Gasteiger partial charge in [-0.05, 0) is 48.9 Å². The lowest BCUT2D eigenvalue weighted by molar-refractivity contribution is -0.238. The number of aliphatic carboxylic acids is 1. The van der Waals surface area contributed by atoms with E-state index in [1.165, 1.54) is 6.07 Å². The molecule has 0 radical (unpaired) electrons. The number of hydrogen-bond donors (Lipinski definition) is 2. The van der Waals surface area contributed by atoms with Gasteiger partial charge in [-0.3, -0.25) is 4.90 Å². The molecule has 0 bridgehead atoms. The number of likely N-dealkylation sites (tertiary alicyclic amines) is 1. The molecule has 2 fully saturated rings. The Balaban J connectivity index is 0.000000396. The Labute approximate surface area is 168 Å². The number of alkyl halides is 6. The van der Waals surface area contributed by atoms with E-state index in [0.717, 1.165) is 12.0 Å². The first kappa shape index (κ1) is 24.0. The predicted octanol–water partition coefficient (Wildman–Crippen LogP) is 4.57. The first-order valence-corrected chi connectivity index (χ1v) is 9.16. The maximum absolute atomic E-state index is 13.3. The minimum atomic E-state index is -5.08. The SMILES string of the molecule is O=C(O)C(F)(F)F.O=C(O)c1cccc(CN2CCC(C(F)(F)F)C3(CCC3)C2)c1. The van der Waals surface area contributed by atoms with Gasteiger partial charge in [0.25, 0.3) is 0 Å². The highest BCUT2D eigenvalue weighted by atomic mass is 19.4. The van der Waals surface area contributed by atoms with Crippen molar-refractivity contribution in [2.24, 2.45) is 11.3 Å². The van der Waals surface area contributed by atoms with Crippen LogP contribution < -0.4 is 0 Å². The minimum absolute atomic E-state index is 0.141. The lowest BCUT2D eigenvalue weighted by Gasteiger charge is -2.54. The number of rotatable bonds is 3. The molecule has 0 aromatic heterocycles. The van der Waals surface area contributed by atoms with Gasteiger partial charge in [0.2, 0.25) is 0 Å². The Morgan fingerprint density at radius 3 is 2.13 bits per heavy atom. The summed E-state index contributed by atoms with van der Waals surface area (Å²) < 4.78 is 71.5. The lowest BCUT2D eigenvalue weighted by atomic mass is 9.58. The number of nitrogens with zero attached hydrogens (tertiary/aromatic N) is 1. The molecule has 1 aliphatic heterocycles. The van der Waals surface area contributed by atoms with Crippen LogP contribution in [-0.2, 0) is 11.3 Å². The highest BCUT2D eigenvalue weighted by Gasteiger charge is 2.57. The van der Waals surface area contributed by atoms with E-state index in [1.807, 2.05) is 11.0 Å². The molecule has 1 saturated carbocycles. The van der Waals surface area contributed by atoms with E-state index in [4.69, 9.17) is 15.0 Å². The average Bonchev–Trinajstić information content (AvgIpc) is 2.59. The van der Waals surface area contributed by atoms with E-state index in [0.29, 0.717) is 32.5 Å². The van der Waals surface area contributed by atoms with Gasteiger partial charge >= 0.3 is 24.3 Å². The van der Waals surface area contributed by atoms with Crippen LogP contribution in [0.4, 0.5) is 26.3 Å². The highest BCUT2D eigenvalue weighted by Crippen LogP contribution is 2.56. The zero-order chi connectivity index (χ0) is 22.7. The number of aromatic carboxylic acids is 1. The van der Waals surface area contributed by atoms with E-state index in [9.17, 15) is 31.1 Å². The molecule has 1 saturated heterocycles. The molecule has 168 valence electrons. The molecule has 30 heavy (non-hydrogen) atoms. The van der Waals surface area contributed by atoms with Crippen LogP contribution >= 0.6 is 0 Å². The van der Waals surface area contributed by atoms with Gasteiger partial charge in [-0.25, -0.2) is 9.59 Å². The summed E-state index contributed by atoms with van der Waals surface area (Å²) >= 11 is 0. The summed E-state index contributed by atoms with van der Waals surface area (Å²) in [5.41, 5.74) is 0.428. The number of halogens is 6. The fourth-order valence-electron chi connectivity index (χ4n) is 4.10. The summed E-state index contributed by atoms with van der Waals surface area (Å²) in [7, 11) is 0. The zero-order valence-corrected chi connectivity index (χ0v) is 15.8. The van der Waals surface area contributed by atoms with Crippen LogP contribution in [0.2, 0.25) is 0 Å². The number of carbonyl (C=O) groups is 2.